The number of pyridine rings is 1. The number of fused-ring (bicyclic) bond motifs is 1. The van der Waals surface area contributed by atoms with Gasteiger partial charge in [0.2, 0.25) is 0 Å². The summed E-state index contributed by atoms with van der Waals surface area (Å²) in [4.78, 5) is 8.29. The van der Waals surface area contributed by atoms with Crippen molar-refractivity contribution in [1.82, 2.24) is 14.5 Å². The van der Waals surface area contributed by atoms with E-state index in [0.29, 0.717) is 11.7 Å². The molecule has 0 unspecified atom stereocenters. The molecule has 0 saturated heterocycles. The molecule has 0 aliphatic rings. The third kappa shape index (κ3) is 3.72. The van der Waals surface area contributed by atoms with Crippen molar-refractivity contribution in [3.8, 4) is 6.07 Å². The van der Waals surface area contributed by atoms with E-state index in [9.17, 15) is 13.2 Å². The van der Waals surface area contributed by atoms with Gasteiger partial charge in [0.15, 0.2) is 5.16 Å². The molecule has 0 amide bonds. The molecule has 0 atom stereocenters. The van der Waals surface area contributed by atoms with Gasteiger partial charge < -0.3 is 4.57 Å². The number of alkyl halides is 3. The molecule has 128 valence electrons. The van der Waals surface area contributed by atoms with Crippen molar-refractivity contribution in [2.24, 2.45) is 0 Å². The van der Waals surface area contributed by atoms with Crippen LogP contribution in [0.4, 0.5) is 13.2 Å². The summed E-state index contributed by atoms with van der Waals surface area (Å²) in [6, 6.07) is 10.3. The molecule has 0 aliphatic carbocycles. The summed E-state index contributed by atoms with van der Waals surface area (Å²) in [5, 5.41) is 9.48. The predicted octanol–water partition coefficient (Wildman–Crippen LogP) is 5.17. The SMILES string of the molecule is N#CCCn1c(Sc2ncc(C(F)(F)F)cc2Cl)nc2ccccc21. The van der Waals surface area contributed by atoms with Gasteiger partial charge in [0.25, 0.3) is 0 Å². The van der Waals surface area contributed by atoms with Gasteiger partial charge in [0.1, 0.15) is 5.03 Å². The van der Waals surface area contributed by atoms with Gasteiger partial charge in [-0.05, 0) is 30.0 Å². The van der Waals surface area contributed by atoms with E-state index in [4.69, 9.17) is 16.9 Å². The van der Waals surface area contributed by atoms with E-state index in [1.165, 1.54) is 0 Å². The molecular weight excluding hydrogens is 373 g/mol. The fourth-order valence-electron chi connectivity index (χ4n) is 2.25. The zero-order chi connectivity index (χ0) is 18.0. The zero-order valence-electron chi connectivity index (χ0n) is 12.6. The smallest absolute Gasteiger partial charge is 0.318 e. The van der Waals surface area contributed by atoms with Crippen molar-refractivity contribution < 1.29 is 13.2 Å². The molecule has 0 saturated carbocycles. The summed E-state index contributed by atoms with van der Waals surface area (Å²) in [5.74, 6) is 0. The summed E-state index contributed by atoms with van der Waals surface area (Å²) in [6.45, 7) is 0.414. The van der Waals surface area contributed by atoms with Crippen molar-refractivity contribution in [2.45, 2.75) is 29.3 Å². The number of hydrogen-bond donors (Lipinski definition) is 0. The maximum atomic E-state index is 12.7. The van der Waals surface area contributed by atoms with E-state index < -0.39 is 11.7 Å². The van der Waals surface area contributed by atoms with Crippen molar-refractivity contribution in [1.29, 1.82) is 5.26 Å². The summed E-state index contributed by atoms with van der Waals surface area (Å²) in [6.07, 6.45) is -3.47. The molecule has 0 radical (unpaired) electrons. The van der Waals surface area contributed by atoms with Crippen LogP contribution in [0.3, 0.4) is 0 Å². The lowest BCUT2D eigenvalue weighted by Crippen LogP contribution is -2.06. The van der Waals surface area contributed by atoms with Crippen LogP contribution in [0.15, 0.2) is 46.7 Å². The summed E-state index contributed by atoms with van der Waals surface area (Å²) in [7, 11) is 0. The van der Waals surface area contributed by atoms with Gasteiger partial charge in [0, 0.05) is 12.7 Å². The first-order valence-electron chi connectivity index (χ1n) is 7.13. The highest BCUT2D eigenvalue weighted by Gasteiger charge is 2.31. The van der Waals surface area contributed by atoms with Crippen LogP contribution in [0.1, 0.15) is 12.0 Å². The Labute approximate surface area is 150 Å². The van der Waals surface area contributed by atoms with Gasteiger partial charge >= 0.3 is 6.18 Å². The largest absolute Gasteiger partial charge is 0.417 e. The second-order valence-electron chi connectivity index (χ2n) is 5.05. The molecule has 9 heteroatoms. The average molecular weight is 383 g/mol. The lowest BCUT2D eigenvalue weighted by molar-refractivity contribution is -0.137. The second kappa shape index (κ2) is 6.94. The highest BCUT2D eigenvalue weighted by atomic mass is 35.5. The molecule has 3 rings (SSSR count). The number of para-hydroxylation sites is 2. The Balaban J connectivity index is 1.99. The number of benzene rings is 1. The van der Waals surface area contributed by atoms with Gasteiger partial charge in [-0.2, -0.15) is 18.4 Å². The molecule has 2 aromatic heterocycles. The standard InChI is InChI=1S/C16H10ClF3N4S/c17-11-8-10(16(18,19)20)9-22-14(11)25-15-23-12-4-1-2-5-13(12)24(15)7-3-6-21/h1-2,4-5,8-9H,3,7H2. The quantitative estimate of drug-likeness (QED) is 0.624. The van der Waals surface area contributed by atoms with E-state index in [2.05, 4.69) is 16.0 Å². The van der Waals surface area contributed by atoms with Crippen LogP contribution in [0.25, 0.3) is 11.0 Å². The number of halogens is 4. The van der Waals surface area contributed by atoms with Crippen molar-refractivity contribution >= 4 is 34.4 Å². The molecule has 3 aromatic rings. The molecular formula is C16H10ClF3N4S. The number of aromatic nitrogens is 3. The molecule has 2 heterocycles. The van der Waals surface area contributed by atoms with Gasteiger partial charge in [-0.3, -0.25) is 0 Å². The summed E-state index contributed by atoms with van der Waals surface area (Å²) in [5.41, 5.74) is 0.661. The molecule has 0 spiro atoms. The molecule has 0 fully saturated rings. The van der Waals surface area contributed by atoms with Crippen molar-refractivity contribution in [2.75, 3.05) is 0 Å². The van der Waals surface area contributed by atoms with Gasteiger partial charge in [-0.25, -0.2) is 9.97 Å². The van der Waals surface area contributed by atoms with Crippen molar-refractivity contribution in [3.63, 3.8) is 0 Å². The van der Waals surface area contributed by atoms with Crippen LogP contribution < -0.4 is 0 Å². The number of nitriles is 1. The van der Waals surface area contributed by atoms with Crippen LogP contribution in [0.2, 0.25) is 5.02 Å². The van der Waals surface area contributed by atoms with E-state index >= 15 is 0 Å². The predicted molar refractivity (Wildman–Crippen MR) is 88.3 cm³/mol. The van der Waals surface area contributed by atoms with Crippen molar-refractivity contribution in [3.05, 3.63) is 47.1 Å². The average Bonchev–Trinajstić information content (AvgIpc) is 2.91. The van der Waals surface area contributed by atoms with Gasteiger partial charge in [-0.15, -0.1) is 0 Å². The van der Waals surface area contributed by atoms with E-state index in [-0.39, 0.29) is 16.5 Å². The highest BCUT2D eigenvalue weighted by molar-refractivity contribution is 7.99. The Morgan fingerprint density at radius 2 is 2.04 bits per heavy atom. The van der Waals surface area contributed by atoms with Crippen LogP contribution in [0, 0.1) is 11.3 Å². The van der Waals surface area contributed by atoms with Crippen LogP contribution in [0.5, 0.6) is 0 Å². The summed E-state index contributed by atoms with van der Waals surface area (Å²) >= 11 is 7.04. The molecule has 1 aromatic carbocycles. The van der Waals surface area contributed by atoms with Gasteiger partial charge in [-0.1, -0.05) is 23.7 Å². The topological polar surface area (TPSA) is 54.5 Å². The monoisotopic (exact) mass is 382 g/mol. The molecule has 0 aliphatic heterocycles. The fraction of sp³-hybridized carbons (Fsp3) is 0.188. The first-order chi connectivity index (χ1) is 11.9. The zero-order valence-corrected chi connectivity index (χ0v) is 14.2. The normalized spacial score (nSPS) is 11.6. The first kappa shape index (κ1) is 17.6. The Hall–Kier alpha value is -2.24. The summed E-state index contributed by atoms with van der Waals surface area (Å²) < 4.78 is 40.0. The lowest BCUT2D eigenvalue weighted by Gasteiger charge is -2.09. The minimum Gasteiger partial charge on any atom is -0.318 e. The Morgan fingerprint density at radius 1 is 1.28 bits per heavy atom. The lowest BCUT2D eigenvalue weighted by atomic mass is 10.3. The maximum Gasteiger partial charge on any atom is 0.417 e. The Kier molecular flexibility index (Phi) is 4.88. The Morgan fingerprint density at radius 3 is 2.72 bits per heavy atom. The van der Waals surface area contributed by atoms with Crippen LogP contribution in [-0.4, -0.2) is 14.5 Å². The number of imidazole rings is 1. The fourth-order valence-corrected chi connectivity index (χ4v) is 3.41. The second-order valence-corrected chi connectivity index (χ2v) is 6.42. The minimum atomic E-state index is -4.50. The van der Waals surface area contributed by atoms with E-state index in [1.54, 1.807) is 0 Å². The Bertz CT molecular complexity index is 962. The molecule has 25 heavy (non-hydrogen) atoms. The number of nitrogens with zero attached hydrogens (tertiary/aromatic N) is 4. The van der Waals surface area contributed by atoms with Crippen LogP contribution >= 0.6 is 23.4 Å². The number of rotatable bonds is 4. The number of hydrogen-bond acceptors (Lipinski definition) is 4. The van der Waals surface area contributed by atoms with Crippen LogP contribution in [-0.2, 0) is 12.7 Å². The maximum absolute atomic E-state index is 12.7. The minimum absolute atomic E-state index is 0.0984. The molecule has 4 nitrogen and oxygen atoms in total. The highest BCUT2D eigenvalue weighted by Crippen LogP contribution is 2.37. The van der Waals surface area contributed by atoms with E-state index in [0.717, 1.165) is 35.1 Å². The number of aryl methyl sites for hydroxylation is 1. The third-order valence-electron chi connectivity index (χ3n) is 3.39. The first-order valence-corrected chi connectivity index (χ1v) is 8.32. The third-order valence-corrected chi connectivity index (χ3v) is 4.80. The molecule has 0 bridgehead atoms. The van der Waals surface area contributed by atoms with E-state index in [1.807, 2.05) is 28.8 Å². The van der Waals surface area contributed by atoms with Gasteiger partial charge in [0.05, 0.1) is 34.1 Å². The molecule has 0 N–H and O–H groups in total.